The molecule has 78 heavy (non-hydrogen) atoms. The average Bonchev–Trinajstić information content (AvgIpc) is 3.44. The van der Waals surface area contributed by atoms with E-state index < -0.39 is 12.1 Å². The van der Waals surface area contributed by atoms with Gasteiger partial charge in [-0.3, -0.25) is 9.59 Å². The SMILES string of the molecule is CCCCCCC/C=C\CCCCCCCC(=O)OCCCCCCCCCCCCCC/C=C\CCCCCCCCCCCCCCCCC(=O)NC(CO)C(O)/C=C/CCCCCCCCCCCCCCCCC. The highest BCUT2D eigenvalue weighted by atomic mass is 16.5. The number of nitrogens with one attached hydrogen (secondary N) is 1. The maximum atomic E-state index is 12.5. The molecule has 0 saturated heterocycles. The smallest absolute Gasteiger partial charge is 0.305 e. The molecule has 3 N–H and O–H groups in total. The Morgan fingerprint density at radius 1 is 0.346 bits per heavy atom. The molecule has 0 aromatic rings. The van der Waals surface area contributed by atoms with Gasteiger partial charge in [-0.25, -0.2) is 0 Å². The van der Waals surface area contributed by atoms with Crippen molar-refractivity contribution in [1.82, 2.24) is 5.32 Å². The van der Waals surface area contributed by atoms with Gasteiger partial charge in [0.2, 0.25) is 5.91 Å². The highest BCUT2D eigenvalue weighted by Crippen LogP contribution is 2.18. The Hall–Kier alpha value is -1.92. The van der Waals surface area contributed by atoms with Crippen LogP contribution >= 0.6 is 0 Å². The molecule has 2 atom stereocenters. The van der Waals surface area contributed by atoms with E-state index in [1.165, 1.54) is 315 Å². The molecule has 0 spiro atoms. The Kier molecular flexibility index (Phi) is 65.9. The molecule has 0 fully saturated rings. The number of rotatable bonds is 66. The van der Waals surface area contributed by atoms with E-state index in [0.717, 1.165) is 44.9 Å². The van der Waals surface area contributed by atoms with E-state index in [1.54, 1.807) is 6.08 Å². The first-order valence-corrected chi connectivity index (χ1v) is 35.3. The molecule has 6 nitrogen and oxygen atoms in total. The monoisotopic (exact) mass is 1100 g/mol. The van der Waals surface area contributed by atoms with Crippen LogP contribution in [0.4, 0.5) is 0 Å². The van der Waals surface area contributed by atoms with Crippen LogP contribution in [0.3, 0.4) is 0 Å². The van der Waals surface area contributed by atoms with Crippen molar-refractivity contribution in [2.24, 2.45) is 0 Å². The standard InChI is InChI=1S/C72H137NO5/c1-3-5-7-9-11-13-15-17-19-34-37-40-44-48-52-56-60-64-70(75)69(68-74)73-71(76)65-61-57-53-49-45-41-38-35-32-30-28-26-24-22-20-21-23-25-27-29-31-33-36-39-43-47-51-55-59-63-67-78-72(77)66-62-58-54-50-46-42-18-16-14-12-10-8-6-4-2/h16,18,21,23,60,64,69-70,74-75H,3-15,17,19-20,22,24-59,61-63,65-68H2,1-2H3,(H,73,76)/b18-16-,23-21-,64-60+. The van der Waals surface area contributed by atoms with Gasteiger partial charge in [-0.15, -0.1) is 0 Å². The minimum absolute atomic E-state index is 0.00855. The lowest BCUT2D eigenvalue weighted by Gasteiger charge is -2.20. The minimum Gasteiger partial charge on any atom is -0.466 e. The number of esters is 1. The van der Waals surface area contributed by atoms with Crippen LogP contribution in [0.15, 0.2) is 36.5 Å². The van der Waals surface area contributed by atoms with Crippen molar-refractivity contribution < 1.29 is 24.5 Å². The van der Waals surface area contributed by atoms with Crippen molar-refractivity contribution in [2.75, 3.05) is 13.2 Å². The number of allylic oxidation sites excluding steroid dienone is 5. The van der Waals surface area contributed by atoms with Crippen molar-refractivity contribution in [3.8, 4) is 0 Å². The zero-order valence-corrected chi connectivity index (χ0v) is 52.7. The lowest BCUT2D eigenvalue weighted by atomic mass is 10.0. The van der Waals surface area contributed by atoms with Crippen molar-refractivity contribution >= 4 is 11.9 Å². The molecule has 0 bridgehead atoms. The number of ether oxygens (including phenoxy) is 1. The summed E-state index contributed by atoms with van der Waals surface area (Å²) in [5, 5.41) is 23.2. The predicted octanol–water partition coefficient (Wildman–Crippen LogP) is 22.7. The Bertz CT molecular complexity index is 1260. The Morgan fingerprint density at radius 3 is 0.910 bits per heavy atom. The predicted molar refractivity (Wildman–Crippen MR) is 343 cm³/mol. The largest absolute Gasteiger partial charge is 0.466 e. The second kappa shape index (κ2) is 67.6. The summed E-state index contributed by atoms with van der Waals surface area (Å²) in [5.41, 5.74) is 0. The number of aliphatic hydroxyl groups is 2. The molecule has 2 unspecified atom stereocenters. The molecule has 0 aliphatic rings. The Morgan fingerprint density at radius 2 is 0.603 bits per heavy atom. The molecule has 0 aliphatic heterocycles. The van der Waals surface area contributed by atoms with Gasteiger partial charge in [-0.1, -0.05) is 326 Å². The van der Waals surface area contributed by atoms with Gasteiger partial charge in [0, 0.05) is 12.8 Å². The molecule has 0 aromatic carbocycles. The third kappa shape index (κ3) is 63.3. The van der Waals surface area contributed by atoms with Crippen molar-refractivity contribution in [2.45, 2.75) is 398 Å². The lowest BCUT2D eigenvalue weighted by molar-refractivity contribution is -0.143. The molecule has 6 heteroatoms. The molecule has 0 rings (SSSR count). The second-order valence-electron chi connectivity index (χ2n) is 24.2. The summed E-state index contributed by atoms with van der Waals surface area (Å²) in [6.07, 6.45) is 86.5. The summed E-state index contributed by atoms with van der Waals surface area (Å²) in [6.45, 7) is 4.92. The van der Waals surface area contributed by atoms with E-state index in [4.69, 9.17) is 4.74 Å². The van der Waals surface area contributed by atoms with Crippen LogP contribution in [0.5, 0.6) is 0 Å². The maximum absolute atomic E-state index is 12.5. The molecular weight excluding hydrogens is 959 g/mol. The highest BCUT2D eigenvalue weighted by Gasteiger charge is 2.18. The average molecular weight is 1100 g/mol. The summed E-state index contributed by atoms with van der Waals surface area (Å²) < 4.78 is 5.48. The van der Waals surface area contributed by atoms with Crippen LogP contribution in [0.1, 0.15) is 386 Å². The number of unbranched alkanes of at least 4 members (excludes halogenated alkanes) is 51. The number of aliphatic hydroxyl groups excluding tert-OH is 2. The van der Waals surface area contributed by atoms with E-state index in [0.29, 0.717) is 19.4 Å². The molecule has 460 valence electrons. The van der Waals surface area contributed by atoms with E-state index in [9.17, 15) is 19.8 Å². The number of carbonyl (C=O) groups is 2. The normalized spacial score (nSPS) is 12.7. The van der Waals surface area contributed by atoms with Gasteiger partial charge in [-0.2, -0.15) is 0 Å². The van der Waals surface area contributed by atoms with E-state index in [-0.39, 0.29) is 18.5 Å². The first-order valence-electron chi connectivity index (χ1n) is 35.3. The second-order valence-corrected chi connectivity index (χ2v) is 24.2. The summed E-state index contributed by atoms with van der Waals surface area (Å²) in [6, 6.07) is -0.627. The van der Waals surface area contributed by atoms with Crippen LogP contribution in [-0.2, 0) is 14.3 Å². The summed E-state index contributed by atoms with van der Waals surface area (Å²) in [7, 11) is 0. The van der Waals surface area contributed by atoms with Gasteiger partial charge in [0.15, 0.2) is 0 Å². The fourth-order valence-electron chi connectivity index (χ4n) is 11.0. The molecule has 0 radical (unpaired) electrons. The summed E-state index contributed by atoms with van der Waals surface area (Å²) in [4.78, 5) is 24.6. The zero-order valence-electron chi connectivity index (χ0n) is 52.7. The van der Waals surface area contributed by atoms with Gasteiger partial charge in [-0.05, 0) is 83.5 Å². The third-order valence-electron chi connectivity index (χ3n) is 16.4. The fourth-order valence-corrected chi connectivity index (χ4v) is 11.0. The first-order chi connectivity index (χ1) is 38.5. The van der Waals surface area contributed by atoms with Gasteiger partial charge >= 0.3 is 5.97 Å². The van der Waals surface area contributed by atoms with Crippen LogP contribution < -0.4 is 5.32 Å². The Labute approximate surface area is 487 Å². The van der Waals surface area contributed by atoms with Gasteiger partial charge in [0.05, 0.1) is 25.4 Å². The van der Waals surface area contributed by atoms with E-state index in [1.807, 2.05) is 6.08 Å². The molecule has 0 saturated carbocycles. The van der Waals surface area contributed by atoms with Crippen LogP contribution in [0.25, 0.3) is 0 Å². The number of hydrogen-bond acceptors (Lipinski definition) is 5. The van der Waals surface area contributed by atoms with Crippen LogP contribution in [0.2, 0.25) is 0 Å². The van der Waals surface area contributed by atoms with Gasteiger partial charge < -0.3 is 20.3 Å². The number of amides is 1. The molecular formula is C72H137NO5. The Balaban J connectivity index is 3.39. The summed E-state index contributed by atoms with van der Waals surface area (Å²) >= 11 is 0. The maximum Gasteiger partial charge on any atom is 0.305 e. The first kappa shape index (κ1) is 76.1. The number of hydrogen-bond donors (Lipinski definition) is 3. The summed E-state index contributed by atoms with van der Waals surface area (Å²) in [5.74, 6) is -0.0552. The van der Waals surface area contributed by atoms with Crippen LogP contribution in [-0.4, -0.2) is 47.4 Å². The van der Waals surface area contributed by atoms with Crippen LogP contribution in [0, 0.1) is 0 Å². The van der Waals surface area contributed by atoms with Crippen molar-refractivity contribution in [1.29, 1.82) is 0 Å². The quantitative estimate of drug-likeness (QED) is 0.0320. The van der Waals surface area contributed by atoms with E-state index >= 15 is 0 Å². The van der Waals surface area contributed by atoms with Gasteiger partial charge in [0.25, 0.3) is 0 Å². The third-order valence-corrected chi connectivity index (χ3v) is 16.4. The molecule has 1 amide bonds. The minimum atomic E-state index is -0.844. The molecule has 0 aromatic heterocycles. The highest BCUT2D eigenvalue weighted by molar-refractivity contribution is 5.76. The fraction of sp³-hybridized carbons (Fsp3) is 0.889. The topological polar surface area (TPSA) is 95.9 Å². The molecule has 0 aliphatic carbocycles. The van der Waals surface area contributed by atoms with Crippen molar-refractivity contribution in [3.05, 3.63) is 36.5 Å². The van der Waals surface area contributed by atoms with Gasteiger partial charge in [0.1, 0.15) is 0 Å². The lowest BCUT2D eigenvalue weighted by Crippen LogP contribution is -2.45. The number of carbonyl (C=O) groups excluding carboxylic acids is 2. The van der Waals surface area contributed by atoms with E-state index in [2.05, 4.69) is 43.5 Å². The van der Waals surface area contributed by atoms with Crippen molar-refractivity contribution in [3.63, 3.8) is 0 Å². The molecule has 0 heterocycles. The zero-order chi connectivity index (χ0) is 56.4.